The minimum absolute atomic E-state index is 0.137. The lowest BCUT2D eigenvalue weighted by Crippen LogP contribution is -2.41. The molecular weight excluding hydrogens is 277 g/mol. The molecule has 1 aliphatic heterocycles. The Labute approximate surface area is 117 Å². The summed E-state index contributed by atoms with van der Waals surface area (Å²) in [5, 5.41) is 5.47. The fraction of sp³-hybridized carbons (Fsp3) is 0.538. The fourth-order valence-corrected chi connectivity index (χ4v) is 3.20. The minimum atomic E-state index is 0.137. The van der Waals surface area contributed by atoms with Crippen molar-refractivity contribution in [2.24, 2.45) is 0 Å². The lowest BCUT2D eigenvalue weighted by atomic mass is 9.87. The van der Waals surface area contributed by atoms with Crippen LogP contribution in [0.2, 0.25) is 15.1 Å². The maximum atomic E-state index is 6.25. The average Bonchev–Trinajstić information content (AvgIpc) is 2.79. The largest absolute Gasteiger partial charge is 0.311 e. The molecule has 0 amide bonds. The van der Waals surface area contributed by atoms with Crippen LogP contribution >= 0.6 is 34.8 Å². The van der Waals surface area contributed by atoms with Crippen molar-refractivity contribution in [2.45, 2.75) is 38.1 Å². The third kappa shape index (κ3) is 2.73. The summed E-state index contributed by atoms with van der Waals surface area (Å²) < 4.78 is 0. The Morgan fingerprint density at radius 2 is 1.94 bits per heavy atom. The van der Waals surface area contributed by atoms with E-state index in [0.29, 0.717) is 15.1 Å². The molecule has 1 aromatic carbocycles. The van der Waals surface area contributed by atoms with E-state index in [4.69, 9.17) is 34.8 Å². The van der Waals surface area contributed by atoms with Crippen molar-refractivity contribution in [1.82, 2.24) is 5.32 Å². The maximum absolute atomic E-state index is 6.25. The molecule has 0 spiro atoms. The van der Waals surface area contributed by atoms with E-state index in [-0.39, 0.29) is 5.54 Å². The summed E-state index contributed by atoms with van der Waals surface area (Å²) >= 11 is 18.5. The van der Waals surface area contributed by atoms with Gasteiger partial charge in [0.05, 0.1) is 10.0 Å². The quantitative estimate of drug-likeness (QED) is 0.795. The number of hydrogen-bond acceptors (Lipinski definition) is 1. The second-order valence-corrected chi connectivity index (χ2v) is 5.86. The maximum Gasteiger partial charge on any atom is 0.0639 e. The predicted octanol–water partition coefficient (Wildman–Crippen LogP) is 4.72. The zero-order valence-electron chi connectivity index (χ0n) is 9.82. The van der Waals surface area contributed by atoms with Crippen molar-refractivity contribution in [2.75, 3.05) is 6.54 Å². The van der Waals surface area contributed by atoms with Gasteiger partial charge in [-0.25, -0.2) is 0 Å². The summed E-state index contributed by atoms with van der Waals surface area (Å²) in [5.74, 6) is 0. The van der Waals surface area contributed by atoms with Gasteiger partial charge in [0.15, 0.2) is 0 Å². The van der Waals surface area contributed by atoms with Crippen LogP contribution in [0.1, 0.15) is 31.7 Å². The van der Waals surface area contributed by atoms with Crippen LogP contribution in [0.4, 0.5) is 0 Å². The zero-order chi connectivity index (χ0) is 12.5. The molecule has 0 radical (unpaired) electrons. The van der Waals surface area contributed by atoms with E-state index >= 15 is 0 Å². The van der Waals surface area contributed by atoms with Crippen molar-refractivity contribution < 1.29 is 0 Å². The Hall–Kier alpha value is 0.0500. The molecule has 1 saturated heterocycles. The third-order valence-electron chi connectivity index (χ3n) is 3.66. The first-order valence-corrected chi connectivity index (χ1v) is 7.09. The SMILES string of the molecule is CCC1(Cc2c(Cl)ccc(Cl)c2Cl)CCCN1. The first-order valence-electron chi connectivity index (χ1n) is 5.95. The van der Waals surface area contributed by atoms with E-state index in [9.17, 15) is 0 Å². The highest BCUT2D eigenvalue weighted by molar-refractivity contribution is 6.44. The van der Waals surface area contributed by atoms with Gasteiger partial charge < -0.3 is 5.32 Å². The Balaban J connectivity index is 2.32. The molecule has 0 saturated carbocycles. The van der Waals surface area contributed by atoms with Crippen LogP contribution in [0, 0.1) is 0 Å². The fourth-order valence-electron chi connectivity index (χ4n) is 2.52. The molecule has 4 heteroatoms. The summed E-state index contributed by atoms with van der Waals surface area (Å²) in [5.41, 5.74) is 1.11. The lowest BCUT2D eigenvalue weighted by Gasteiger charge is -2.29. The van der Waals surface area contributed by atoms with Gasteiger partial charge in [-0.05, 0) is 49.9 Å². The van der Waals surface area contributed by atoms with Gasteiger partial charge in [-0.2, -0.15) is 0 Å². The van der Waals surface area contributed by atoms with E-state index < -0.39 is 0 Å². The first-order chi connectivity index (χ1) is 8.08. The molecule has 1 atom stereocenters. The predicted molar refractivity (Wildman–Crippen MR) is 75.4 cm³/mol. The smallest absolute Gasteiger partial charge is 0.0639 e. The molecule has 1 aromatic rings. The molecule has 1 aliphatic rings. The van der Waals surface area contributed by atoms with E-state index in [0.717, 1.165) is 24.9 Å². The van der Waals surface area contributed by atoms with Gasteiger partial charge >= 0.3 is 0 Å². The van der Waals surface area contributed by atoms with E-state index in [1.165, 1.54) is 12.8 Å². The van der Waals surface area contributed by atoms with Crippen LogP contribution in [0.15, 0.2) is 12.1 Å². The standard InChI is InChI=1S/C13H16Cl3N/c1-2-13(6-3-7-17-13)8-9-10(14)4-5-11(15)12(9)16/h4-5,17H,2-3,6-8H2,1H3. The summed E-state index contributed by atoms with van der Waals surface area (Å²) in [6.07, 6.45) is 4.31. The van der Waals surface area contributed by atoms with Gasteiger partial charge in [-0.1, -0.05) is 41.7 Å². The van der Waals surface area contributed by atoms with Gasteiger partial charge in [0, 0.05) is 10.6 Å². The van der Waals surface area contributed by atoms with Crippen LogP contribution < -0.4 is 5.32 Å². The summed E-state index contributed by atoms with van der Waals surface area (Å²) in [6.45, 7) is 3.27. The Bertz CT molecular complexity index is 411. The van der Waals surface area contributed by atoms with Crippen LogP contribution in [0.5, 0.6) is 0 Å². The summed E-state index contributed by atoms with van der Waals surface area (Å²) in [6, 6.07) is 3.57. The number of nitrogens with one attached hydrogen (secondary N) is 1. The number of hydrogen-bond donors (Lipinski definition) is 1. The van der Waals surface area contributed by atoms with E-state index in [2.05, 4.69) is 12.2 Å². The summed E-state index contributed by atoms with van der Waals surface area (Å²) in [7, 11) is 0. The molecule has 0 aromatic heterocycles. The Morgan fingerprint density at radius 1 is 1.24 bits per heavy atom. The van der Waals surface area contributed by atoms with Gasteiger partial charge in [-0.15, -0.1) is 0 Å². The number of halogens is 3. The molecule has 1 nitrogen and oxygen atoms in total. The lowest BCUT2D eigenvalue weighted by molar-refractivity contribution is 0.360. The van der Waals surface area contributed by atoms with Crippen molar-refractivity contribution in [3.05, 3.63) is 32.8 Å². The van der Waals surface area contributed by atoms with Crippen molar-refractivity contribution in [3.8, 4) is 0 Å². The van der Waals surface area contributed by atoms with Crippen molar-refractivity contribution in [3.63, 3.8) is 0 Å². The summed E-state index contributed by atoms with van der Waals surface area (Å²) in [4.78, 5) is 0. The topological polar surface area (TPSA) is 12.0 Å². The Morgan fingerprint density at radius 3 is 2.53 bits per heavy atom. The first kappa shape index (κ1) is 13.5. The number of rotatable bonds is 3. The third-order valence-corrected chi connectivity index (χ3v) is 4.86. The van der Waals surface area contributed by atoms with Gasteiger partial charge in [-0.3, -0.25) is 0 Å². The minimum Gasteiger partial charge on any atom is -0.311 e. The second kappa shape index (κ2) is 5.36. The van der Waals surface area contributed by atoms with Crippen LogP contribution in [0.3, 0.4) is 0 Å². The van der Waals surface area contributed by atoms with Crippen LogP contribution in [0.25, 0.3) is 0 Å². The highest BCUT2D eigenvalue weighted by Gasteiger charge is 2.33. The molecule has 1 heterocycles. The molecule has 0 aliphatic carbocycles. The molecule has 2 rings (SSSR count). The molecule has 1 N–H and O–H groups in total. The van der Waals surface area contributed by atoms with E-state index in [1.54, 1.807) is 6.07 Å². The number of benzene rings is 1. The normalized spacial score (nSPS) is 24.2. The van der Waals surface area contributed by atoms with Gasteiger partial charge in [0.1, 0.15) is 0 Å². The molecule has 1 unspecified atom stereocenters. The van der Waals surface area contributed by atoms with Crippen molar-refractivity contribution >= 4 is 34.8 Å². The molecule has 94 valence electrons. The zero-order valence-corrected chi connectivity index (χ0v) is 12.1. The average molecular weight is 293 g/mol. The Kier molecular flexibility index (Phi) is 4.25. The molecular formula is C13H16Cl3N. The highest BCUT2D eigenvalue weighted by atomic mass is 35.5. The van der Waals surface area contributed by atoms with Crippen LogP contribution in [-0.2, 0) is 6.42 Å². The van der Waals surface area contributed by atoms with Crippen LogP contribution in [-0.4, -0.2) is 12.1 Å². The second-order valence-electron chi connectivity index (χ2n) is 4.66. The monoisotopic (exact) mass is 291 g/mol. The molecule has 1 fully saturated rings. The molecule has 17 heavy (non-hydrogen) atoms. The van der Waals surface area contributed by atoms with Gasteiger partial charge in [0.2, 0.25) is 0 Å². The van der Waals surface area contributed by atoms with E-state index in [1.807, 2.05) is 6.07 Å². The molecule has 0 bridgehead atoms. The highest BCUT2D eigenvalue weighted by Crippen LogP contribution is 2.36. The van der Waals surface area contributed by atoms with Crippen molar-refractivity contribution in [1.29, 1.82) is 0 Å². The van der Waals surface area contributed by atoms with Gasteiger partial charge in [0.25, 0.3) is 0 Å².